The Morgan fingerprint density at radius 3 is 1.35 bits per heavy atom. The van der Waals surface area contributed by atoms with Gasteiger partial charge in [-0.1, -0.05) is 24.3 Å². The molecule has 8 heteroatoms. The summed E-state index contributed by atoms with van der Waals surface area (Å²) in [5.74, 6) is -0.494. The van der Waals surface area contributed by atoms with Crippen LogP contribution in [0, 0.1) is 71.6 Å². The maximum Gasteiger partial charge on any atom is 0.548 e. The fraction of sp³-hybridized carbons (Fsp3) is 0. The third kappa shape index (κ3) is 5.43. The molecule has 1 aromatic carbocycles. The third-order valence-corrected chi connectivity index (χ3v) is 2.53. The Hall–Kier alpha value is -5.38. The molecular weight excluding hydrogens is 328 g/mol. The van der Waals surface area contributed by atoms with Crippen LogP contribution in [0.2, 0.25) is 0 Å². The molecule has 0 N–H and O–H groups in total. The molecule has 0 radical (unpaired) electrons. The Balaban J connectivity index is 0.000000541. The Bertz CT molecular complexity index is 1020. The maximum absolute atomic E-state index is 8.64. The van der Waals surface area contributed by atoms with Crippen LogP contribution < -0.4 is 10.4 Å². The summed E-state index contributed by atoms with van der Waals surface area (Å²) < 4.78 is 0. The molecule has 0 heterocycles. The van der Waals surface area contributed by atoms with E-state index in [-0.39, 0.29) is 11.4 Å². The van der Waals surface area contributed by atoms with Gasteiger partial charge in [0, 0.05) is 5.22 Å². The predicted octanol–water partition coefficient (Wildman–Crippen LogP) is 1.87. The minimum absolute atomic E-state index is 0.0127. The van der Waals surface area contributed by atoms with Crippen molar-refractivity contribution in [3.63, 3.8) is 0 Å². The van der Waals surface area contributed by atoms with Gasteiger partial charge in [0.15, 0.2) is 0 Å². The zero-order valence-electron chi connectivity index (χ0n) is 12.9. The summed E-state index contributed by atoms with van der Waals surface area (Å²) >= 11 is 0. The molecule has 0 fully saturated rings. The summed E-state index contributed by atoms with van der Waals surface area (Å²) in [6.07, 6.45) is 0. The molecule has 1 aromatic rings. The van der Waals surface area contributed by atoms with Crippen LogP contribution in [-0.4, -0.2) is 0 Å². The van der Waals surface area contributed by atoms with E-state index in [1.165, 1.54) is 12.1 Å². The standard InChI is InChI=1S/C12H4N4.C6N4/c1-15-12(16-2)10-5-3-9(4-6-10)11(7-13)8-14;1-9-6(10-2)5(3-7)4-8/h3-6H;. The van der Waals surface area contributed by atoms with Gasteiger partial charge in [-0.2, -0.15) is 40.4 Å². The molecule has 116 valence electrons. The summed E-state index contributed by atoms with van der Waals surface area (Å²) in [6, 6.07) is 12.6. The highest BCUT2D eigenvalue weighted by atomic mass is 14.9. The van der Waals surface area contributed by atoms with E-state index in [0.717, 1.165) is 0 Å². The second-order valence-electron chi connectivity index (χ2n) is 3.87. The van der Waals surface area contributed by atoms with E-state index in [0.29, 0.717) is 10.4 Å². The Morgan fingerprint density at radius 2 is 1.08 bits per heavy atom. The molecule has 8 nitrogen and oxygen atoms in total. The van der Waals surface area contributed by atoms with E-state index in [4.69, 9.17) is 47.3 Å². The smallest absolute Gasteiger partial charge is 0.193 e. The molecule has 0 spiro atoms. The molecule has 0 amide bonds. The average Bonchev–Trinajstić information content (AvgIpc) is 2.69. The van der Waals surface area contributed by atoms with Crippen molar-refractivity contribution < 1.29 is 0 Å². The number of nitriles is 4. The van der Waals surface area contributed by atoms with Crippen LogP contribution in [0.1, 0.15) is 0 Å². The quantitative estimate of drug-likeness (QED) is 0.533. The van der Waals surface area contributed by atoms with Gasteiger partial charge < -0.3 is 0 Å². The van der Waals surface area contributed by atoms with Crippen LogP contribution >= 0.6 is 0 Å². The molecule has 0 atom stereocenters. The largest absolute Gasteiger partial charge is 0.548 e. The van der Waals surface area contributed by atoms with Gasteiger partial charge in [-0.05, 0) is 0 Å². The van der Waals surface area contributed by atoms with Crippen molar-refractivity contribution in [1.29, 1.82) is 21.0 Å². The number of benzene rings is 1. The van der Waals surface area contributed by atoms with Crippen LogP contribution in [0.4, 0.5) is 0 Å². The van der Waals surface area contributed by atoms with Gasteiger partial charge in [-0.25, -0.2) is 0 Å². The predicted molar refractivity (Wildman–Crippen MR) is 88.4 cm³/mol. The van der Waals surface area contributed by atoms with Gasteiger partial charge in [-0.3, -0.25) is 0 Å². The zero-order valence-corrected chi connectivity index (χ0v) is 12.9. The molecule has 0 saturated carbocycles. The molecule has 26 heavy (non-hydrogen) atoms. The highest BCUT2D eigenvalue weighted by Gasteiger charge is 2.12. The Kier molecular flexibility index (Phi) is 8.90. The molecule has 0 saturated heterocycles. The normalized spacial score (nSPS) is 6.92. The molecule has 0 bridgehead atoms. The first-order chi connectivity index (χ1) is 12.6. The fourth-order valence-electron chi connectivity index (χ4n) is 1.36. The molecular formula is C18H4N8. The molecule has 1 rings (SSSR count). The van der Waals surface area contributed by atoms with Crippen LogP contribution in [0.3, 0.4) is 0 Å². The van der Waals surface area contributed by atoms with Crippen LogP contribution in [-0.2, 0) is 0 Å². The Morgan fingerprint density at radius 1 is 0.654 bits per heavy atom. The number of hydrogen-bond acceptors (Lipinski definition) is 4. The lowest BCUT2D eigenvalue weighted by Gasteiger charge is -1.85. The summed E-state index contributed by atoms with van der Waals surface area (Å²) in [6.45, 7) is 26.2. The van der Waals surface area contributed by atoms with E-state index in [1.807, 2.05) is 0 Å². The van der Waals surface area contributed by atoms with Crippen LogP contribution in [0.5, 0.6) is 0 Å². The topological polar surface area (TPSA) is 113 Å². The van der Waals surface area contributed by atoms with Gasteiger partial charge >= 0.3 is 11.6 Å². The van der Waals surface area contributed by atoms with Gasteiger partial charge in [0.05, 0.1) is 5.22 Å². The fourth-order valence-corrected chi connectivity index (χ4v) is 1.36. The minimum Gasteiger partial charge on any atom is -0.193 e. The summed E-state index contributed by atoms with van der Waals surface area (Å²) in [7, 11) is 0. The lowest BCUT2D eigenvalue weighted by molar-refractivity contribution is 1.44. The second kappa shape index (κ2) is 11.2. The molecule has 0 aromatic heterocycles. The van der Waals surface area contributed by atoms with Gasteiger partial charge in [0.2, 0.25) is 5.57 Å². The lowest BCUT2D eigenvalue weighted by atomic mass is 10.2. The average molecular weight is 332 g/mol. The van der Waals surface area contributed by atoms with Crippen molar-refractivity contribution in [3.05, 3.63) is 91.8 Å². The first kappa shape index (κ1) is 20.6. The number of allylic oxidation sites excluding steroid dienone is 1. The van der Waals surface area contributed by atoms with E-state index in [2.05, 4.69) is 19.4 Å². The SMILES string of the molecule is [C-]#[N+]C([N+]#[C-])=C(C#N)C#N.[C-]#[N+]C([N+]#[C-])=c1ccc(=C(C#N)C#N)cc1. The van der Waals surface area contributed by atoms with Crippen molar-refractivity contribution in [2.24, 2.45) is 0 Å². The van der Waals surface area contributed by atoms with Crippen molar-refractivity contribution in [3.8, 4) is 24.3 Å². The highest BCUT2D eigenvalue weighted by molar-refractivity contribution is 5.72. The maximum atomic E-state index is 8.64. The summed E-state index contributed by atoms with van der Waals surface area (Å²) in [4.78, 5) is 11.5. The Labute approximate surface area is 149 Å². The van der Waals surface area contributed by atoms with Crippen LogP contribution in [0.15, 0.2) is 35.7 Å². The first-order valence-corrected chi connectivity index (χ1v) is 6.25. The van der Waals surface area contributed by atoms with Gasteiger partial charge in [0.25, 0.3) is 0 Å². The summed E-state index contributed by atoms with van der Waals surface area (Å²) in [5.41, 5.74) is -0.413. The van der Waals surface area contributed by atoms with E-state index >= 15 is 0 Å². The lowest BCUT2D eigenvalue weighted by Crippen LogP contribution is -2.10. The third-order valence-electron chi connectivity index (χ3n) is 2.53. The van der Waals surface area contributed by atoms with E-state index < -0.39 is 11.4 Å². The van der Waals surface area contributed by atoms with Crippen molar-refractivity contribution >= 4 is 11.4 Å². The number of rotatable bonds is 0. The van der Waals surface area contributed by atoms with Gasteiger partial charge in [-0.15, -0.1) is 0 Å². The molecule has 0 aliphatic rings. The molecule has 0 aliphatic carbocycles. The number of nitrogens with zero attached hydrogens (tertiary/aromatic N) is 8. The molecule has 0 aliphatic heterocycles. The van der Waals surface area contributed by atoms with E-state index in [9.17, 15) is 0 Å². The first-order valence-electron chi connectivity index (χ1n) is 6.25. The zero-order chi connectivity index (χ0) is 19.9. The van der Waals surface area contributed by atoms with Crippen LogP contribution in [0.25, 0.3) is 30.8 Å². The van der Waals surface area contributed by atoms with E-state index in [1.54, 1.807) is 36.4 Å². The number of hydrogen-bond donors (Lipinski definition) is 0. The second-order valence-corrected chi connectivity index (χ2v) is 3.87. The summed E-state index contributed by atoms with van der Waals surface area (Å²) in [5, 5.41) is 34.5. The van der Waals surface area contributed by atoms with Gasteiger partial charge in [0.1, 0.15) is 56.1 Å². The monoisotopic (exact) mass is 332 g/mol. The molecule has 0 unspecified atom stereocenters. The van der Waals surface area contributed by atoms with Crippen molar-refractivity contribution in [2.45, 2.75) is 0 Å². The van der Waals surface area contributed by atoms with Crippen molar-refractivity contribution in [1.82, 2.24) is 0 Å². The van der Waals surface area contributed by atoms with Crippen molar-refractivity contribution in [2.75, 3.05) is 0 Å². The highest BCUT2D eigenvalue weighted by Crippen LogP contribution is 2.04. The minimum atomic E-state index is -0.468.